The molecule has 0 amide bonds. The Labute approximate surface area is 98.9 Å². The van der Waals surface area contributed by atoms with Crippen LogP contribution in [0.15, 0.2) is 48.8 Å². The van der Waals surface area contributed by atoms with Gasteiger partial charge in [-0.2, -0.15) is 0 Å². The normalized spacial score (nSPS) is 10.1. The van der Waals surface area contributed by atoms with Crippen LogP contribution < -0.4 is 0 Å². The van der Waals surface area contributed by atoms with Crippen LogP contribution in [0.3, 0.4) is 0 Å². The standard InChI is InChI=1S/C13H10ClNO/c14-12-5-1-3-10(7-12)8-13(16)11-4-2-6-15-9-11/h1-7,9H,8H2. The van der Waals surface area contributed by atoms with E-state index >= 15 is 0 Å². The first-order chi connectivity index (χ1) is 7.75. The van der Waals surface area contributed by atoms with E-state index in [1.54, 1.807) is 36.7 Å². The summed E-state index contributed by atoms with van der Waals surface area (Å²) in [7, 11) is 0. The van der Waals surface area contributed by atoms with Crippen molar-refractivity contribution in [3.63, 3.8) is 0 Å². The average molecular weight is 232 g/mol. The molecule has 0 N–H and O–H groups in total. The molecular weight excluding hydrogens is 222 g/mol. The van der Waals surface area contributed by atoms with E-state index in [4.69, 9.17) is 11.6 Å². The Bertz CT molecular complexity index is 496. The Morgan fingerprint density at radius 3 is 2.81 bits per heavy atom. The van der Waals surface area contributed by atoms with Crippen molar-refractivity contribution in [3.8, 4) is 0 Å². The number of aromatic nitrogens is 1. The molecule has 0 aliphatic carbocycles. The fraction of sp³-hybridized carbons (Fsp3) is 0.0769. The second kappa shape index (κ2) is 4.90. The number of halogens is 1. The first kappa shape index (κ1) is 10.8. The summed E-state index contributed by atoms with van der Waals surface area (Å²) < 4.78 is 0. The molecule has 0 fully saturated rings. The van der Waals surface area contributed by atoms with E-state index in [1.807, 2.05) is 12.1 Å². The van der Waals surface area contributed by atoms with Crippen LogP contribution in [0.1, 0.15) is 15.9 Å². The van der Waals surface area contributed by atoms with Gasteiger partial charge in [-0.3, -0.25) is 9.78 Å². The molecule has 0 saturated carbocycles. The van der Waals surface area contributed by atoms with Gasteiger partial charge in [0.2, 0.25) is 0 Å². The third-order valence-electron chi connectivity index (χ3n) is 2.24. The molecule has 0 saturated heterocycles. The summed E-state index contributed by atoms with van der Waals surface area (Å²) in [4.78, 5) is 15.8. The van der Waals surface area contributed by atoms with E-state index in [9.17, 15) is 4.79 Å². The van der Waals surface area contributed by atoms with Gasteiger partial charge in [-0.25, -0.2) is 0 Å². The summed E-state index contributed by atoms with van der Waals surface area (Å²) in [6.45, 7) is 0. The fourth-order valence-corrected chi connectivity index (χ4v) is 1.67. The van der Waals surface area contributed by atoms with E-state index in [1.165, 1.54) is 0 Å². The van der Waals surface area contributed by atoms with Gasteiger partial charge >= 0.3 is 0 Å². The molecule has 1 aromatic carbocycles. The Morgan fingerprint density at radius 2 is 2.12 bits per heavy atom. The SMILES string of the molecule is O=C(Cc1cccc(Cl)c1)c1cccnc1. The second-order valence-corrected chi connectivity index (χ2v) is 3.91. The van der Waals surface area contributed by atoms with Crippen LogP contribution in [0.5, 0.6) is 0 Å². The molecule has 0 atom stereocenters. The molecule has 1 heterocycles. The molecule has 0 bridgehead atoms. The van der Waals surface area contributed by atoms with Crippen molar-refractivity contribution in [2.75, 3.05) is 0 Å². The number of benzene rings is 1. The topological polar surface area (TPSA) is 30.0 Å². The largest absolute Gasteiger partial charge is 0.294 e. The highest BCUT2D eigenvalue weighted by Gasteiger charge is 2.06. The Morgan fingerprint density at radius 1 is 1.25 bits per heavy atom. The van der Waals surface area contributed by atoms with E-state index in [2.05, 4.69) is 4.98 Å². The number of Topliss-reactive ketones (excluding diaryl/α,β-unsaturated/α-hetero) is 1. The van der Waals surface area contributed by atoms with Gasteiger partial charge in [-0.05, 0) is 29.8 Å². The van der Waals surface area contributed by atoms with Crippen molar-refractivity contribution in [1.82, 2.24) is 4.98 Å². The number of pyridine rings is 1. The lowest BCUT2D eigenvalue weighted by molar-refractivity contribution is 0.0992. The van der Waals surface area contributed by atoms with Crippen LogP contribution in [0.2, 0.25) is 5.02 Å². The number of rotatable bonds is 3. The molecular formula is C13H10ClNO. The highest BCUT2D eigenvalue weighted by molar-refractivity contribution is 6.30. The van der Waals surface area contributed by atoms with Crippen LogP contribution >= 0.6 is 11.6 Å². The zero-order valence-corrected chi connectivity index (χ0v) is 9.32. The summed E-state index contributed by atoms with van der Waals surface area (Å²) in [6, 6.07) is 10.8. The van der Waals surface area contributed by atoms with E-state index < -0.39 is 0 Å². The van der Waals surface area contributed by atoms with Gasteiger partial charge in [0.25, 0.3) is 0 Å². The maximum atomic E-state index is 11.8. The number of nitrogens with zero attached hydrogens (tertiary/aromatic N) is 1. The highest BCUT2D eigenvalue weighted by Crippen LogP contribution is 2.12. The molecule has 2 aromatic rings. The predicted molar refractivity (Wildman–Crippen MR) is 63.7 cm³/mol. The van der Waals surface area contributed by atoms with E-state index in [0.717, 1.165) is 5.56 Å². The van der Waals surface area contributed by atoms with Crippen LogP contribution in [-0.2, 0) is 6.42 Å². The van der Waals surface area contributed by atoms with Gasteiger partial charge in [-0.1, -0.05) is 23.7 Å². The fourth-order valence-electron chi connectivity index (χ4n) is 1.46. The summed E-state index contributed by atoms with van der Waals surface area (Å²) in [5.74, 6) is 0.0513. The maximum absolute atomic E-state index is 11.8. The molecule has 0 radical (unpaired) electrons. The summed E-state index contributed by atoms with van der Waals surface area (Å²) in [5.41, 5.74) is 1.55. The Balaban J connectivity index is 2.14. The van der Waals surface area contributed by atoms with E-state index in [0.29, 0.717) is 17.0 Å². The van der Waals surface area contributed by atoms with Gasteiger partial charge in [0.1, 0.15) is 0 Å². The summed E-state index contributed by atoms with van der Waals surface area (Å²) >= 11 is 5.85. The second-order valence-electron chi connectivity index (χ2n) is 3.47. The smallest absolute Gasteiger partial charge is 0.168 e. The van der Waals surface area contributed by atoms with Crippen molar-refractivity contribution < 1.29 is 4.79 Å². The summed E-state index contributed by atoms with van der Waals surface area (Å²) in [6.07, 6.45) is 3.58. The minimum atomic E-state index is 0.0513. The minimum Gasteiger partial charge on any atom is -0.294 e. The molecule has 3 heteroatoms. The minimum absolute atomic E-state index is 0.0513. The molecule has 80 valence electrons. The molecule has 1 aromatic heterocycles. The van der Waals surface area contributed by atoms with Gasteiger partial charge in [-0.15, -0.1) is 0 Å². The van der Waals surface area contributed by atoms with Gasteiger partial charge < -0.3 is 0 Å². The van der Waals surface area contributed by atoms with Crippen LogP contribution in [0.4, 0.5) is 0 Å². The predicted octanol–water partition coefficient (Wildman–Crippen LogP) is 3.16. The number of hydrogen-bond donors (Lipinski definition) is 0. The molecule has 2 nitrogen and oxygen atoms in total. The molecule has 0 unspecified atom stereocenters. The van der Waals surface area contributed by atoms with Crippen molar-refractivity contribution in [2.24, 2.45) is 0 Å². The lowest BCUT2D eigenvalue weighted by Crippen LogP contribution is -2.03. The molecule has 0 aliphatic rings. The lowest BCUT2D eigenvalue weighted by Gasteiger charge is -2.01. The molecule has 2 rings (SSSR count). The summed E-state index contributed by atoms with van der Waals surface area (Å²) in [5, 5.41) is 0.650. The highest BCUT2D eigenvalue weighted by atomic mass is 35.5. The average Bonchev–Trinajstić information content (AvgIpc) is 2.30. The van der Waals surface area contributed by atoms with Crippen molar-refractivity contribution in [2.45, 2.75) is 6.42 Å². The zero-order chi connectivity index (χ0) is 11.4. The number of carbonyl (C=O) groups excluding carboxylic acids is 1. The van der Waals surface area contributed by atoms with Crippen LogP contribution in [0.25, 0.3) is 0 Å². The first-order valence-electron chi connectivity index (χ1n) is 4.93. The monoisotopic (exact) mass is 231 g/mol. The Hall–Kier alpha value is -1.67. The first-order valence-corrected chi connectivity index (χ1v) is 5.31. The van der Waals surface area contributed by atoms with Gasteiger partial charge in [0.05, 0.1) is 0 Å². The number of carbonyl (C=O) groups is 1. The van der Waals surface area contributed by atoms with Crippen molar-refractivity contribution >= 4 is 17.4 Å². The number of hydrogen-bond acceptors (Lipinski definition) is 2. The molecule has 16 heavy (non-hydrogen) atoms. The van der Waals surface area contributed by atoms with Crippen LogP contribution in [0, 0.1) is 0 Å². The maximum Gasteiger partial charge on any atom is 0.168 e. The van der Waals surface area contributed by atoms with E-state index in [-0.39, 0.29) is 5.78 Å². The molecule has 0 spiro atoms. The van der Waals surface area contributed by atoms with Crippen LogP contribution in [-0.4, -0.2) is 10.8 Å². The van der Waals surface area contributed by atoms with Gasteiger partial charge in [0, 0.05) is 29.4 Å². The zero-order valence-electron chi connectivity index (χ0n) is 8.56. The third-order valence-corrected chi connectivity index (χ3v) is 2.47. The Kier molecular flexibility index (Phi) is 3.32. The lowest BCUT2D eigenvalue weighted by atomic mass is 10.0. The van der Waals surface area contributed by atoms with Crippen molar-refractivity contribution in [3.05, 3.63) is 64.9 Å². The molecule has 0 aliphatic heterocycles. The third kappa shape index (κ3) is 2.67. The quantitative estimate of drug-likeness (QED) is 0.760. The number of ketones is 1. The van der Waals surface area contributed by atoms with Gasteiger partial charge in [0.15, 0.2) is 5.78 Å². The van der Waals surface area contributed by atoms with Crippen molar-refractivity contribution in [1.29, 1.82) is 0 Å².